The molecular weight excluding hydrogens is 404 g/mol. The second kappa shape index (κ2) is 10.1. The van der Waals surface area contributed by atoms with Gasteiger partial charge in [0.2, 0.25) is 0 Å². The van der Waals surface area contributed by atoms with Gasteiger partial charge in [-0.2, -0.15) is 10.5 Å². The normalized spacial score (nSPS) is 12.2. The number of nitrogens with zero attached hydrogens (tertiary/aromatic N) is 2. The van der Waals surface area contributed by atoms with E-state index < -0.39 is 0 Å². The van der Waals surface area contributed by atoms with Crippen molar-refractivity contribution in [3.8, 4) is 12.1 Å². The summed E-state index contributed by atoms with van der Waals surface area (Å²) in [5.41, 5.74) is 9.46. The molecule has 0 radical (unpaired) electrons. The highest BCUT2D eigenvalue weighted by atomic mass is 14.5. The first kappa shape index (κ1) is 23.0. The molecule has 33 heavy (non-hydrogen) atoms. The third-order valence-electron chi connectivity index (χ3n) is 5.30. The molecule has 0 saturated carbocycles. The van der Waals surface area contributed by atoms with Crippen molar-refractivity contribution >= 4 is 44.1 Å². The number of benzene rings is 4. The van der Waals surface area contributed by atoms with Crippen molar-refractivity contribution in [1.29, 1.82) is 15.9 Å². The van der Waals surface area contributed by atoms with E-state index in [-0.39, 0.29) is 0 Å². The highest BCUT2D eigenvalue weighted by Crippen LogP contribution is 2.36. The van der Waals surface area contributed by atoms with E-state index in [1.54, 1.807) is 26.1 Å². The third-order valence-corrected chi connectivity index (χ3v) is 5.30. The molecule has 160 valence electrons. The summed E-state index contributed by atoms with van der Waals surface area (Å²) >= 11 is 0. The highest BCUT2D eigenvalue weighted by Gasteiger charge is 2.10. The smallest absolute Gasteiger partial charge is 0.0985 e. The van der Waals surface area contributed by atoms with Crippen molar-refractivity contribution in [3.63, 3.8) is 0 Å². The maximum atomic E-state index is 9.03. The summed E-state index contributed by atoms with van der Waals surface area (Å²) in [5.74, 6) is 0. The molecular formula is C29H24N4. The van der Waals surface area contributed by atoms with Crippen LogP contribution in [0.5, 0.6) is 0 Å². The maximum absolute atomic E-state index is 9.03. The third kappa shape index (κ3) is 4.98. The van der Waals surface area contributed by atoms with Gasteiger partial charge in [-0.1, -0.05) is 49.0 Å². The summed E-state index contributed by atoms with van der Waals surface area (Å²) in [6, 6.07) is 23.3. The molecule has 0 atom stereocenters. The van der Waals surface area contributed by atoms with Crippen LogP contribution in [0, 0.1) is 28.1 Å². The molecule has 0 unspecified atom stereocenters. The van der Waals surface area contributed by atoms with Crippen LogP contribution in [0.15, 0.2) is 96.2 Å². The Balaban J connectivity index is 0.000000292. The van der Waals surface area contributed by atoms with Crippen molar-refractivity contribution in [2.24, 2.45) is 5.73 Å². The van der Waals surface area contributed by atoms with Crippen LogP contribution in [0.4, 0.5) is 0 Å². The fraction of sp³-hybridized carbons (Fsp3) is 0.0690. The van der Waals surface area contributed by atoms with Gasteiger partial charge >= 0.3 is 0 Å². The predicted molar refractivity (Wildman–Crippen MR) is 139 cm³/mol. The van der Waals surface area contributed by atoms with Gasteiger partial charge in [0.25, 0.3) is 0 Å². The van der Waals surface area contributed by atoms with Crippen molar-refractivity contribution in [3.05, 3.63) is 102 Å². The lowest BCUT2D eigenvalue weighted by atomic mass is 9.91. The first-order valence-electron chi connectivity index (χ1n) is 10.4. The van der Waals surface area contributed by atoms with E-state index in [1.807, 2.05) is 12.1 Å². The standard InChI is InChI=1S/C22H16N2.C7H8N2/c1-14(12-23)9-20(13-24)19-10-17-7-5-15-3-2-4-16-6-8-18(11-19)22(17)21(15)16;1-6(4-8)3-7(2)5-9/h2-11,13H,24H2,1H3;3,5,9H,1H2,2H3/b14-9+,20-13+;7-3-,9-5?. The Labute approximate surface area is 193 Å². The first-order chi connectivity index (χ1) is 15.9. The summed E-state index contributed by atoms with van der Waals surface area (Å²) in [4.78, 5) is 0. The largest absolute Gasteiger partial charge is 0.404 e. The van der Waals surface area contributed by atoms with E-state index in [9.17, 15) is 0 Å². The van der Waals surface area contributed by atoms with Crippen LogP contribution in [0.3, 0.4) is 0 Å². The molecule has 0 saturated heterocycles. The second-order valence-electron chi connectivity index (χ2n) is 7.74. The van der Waals surface area contributed by atoms with E-state index in [4.69, 9.17) is 21.7 Å². The first-order valence-corrected chi connectivity index (χ1v) is 10.4. The number of nitriles is 2. The van der Waals surface area contributed by atoms with Crippen LogP contribution in [-0.2, 0) is 0 Å². The number of allylic oxidation sites excluding steroid dienone is 6. The minimum Gasteiger partial charge on any atom is -0.404 e. The van der Waals surface area contributed by atoms with Gasteiger partial charge in [-0.25, -0.2) is 0 Å². The molecule has 0 spiro atoms. The lowest BCUT2D eigenvalue weighted by Gasteiger charge is -2.13. The van der Waals surface area contributed by atoms with Gasteiger partial charge in [-0.3, -0.25) is 0 Å². The summed E-state index contributed by atoms with van der Waals surface area (Å²) < 4.78 is 0. The van der Waals surface area contributed by atoms with E-state index in [1.165, 1.54) is 38.5 Å². The van der Waals surface area contributed by atoms with E-state index >= 15 is 0 Å². The van der Waals surface area contributed by atoms with Crippen molar-refractivity contribution in [2.75, 3.05) is 0 Å². The molecule has 0 aliphatic carbocycles. The molecule has 0 bridgehead atoms. The Kier molecular flexibility index (Phi) is 7.03. The number of rotatable bonds is 4. The number of hydrogen-bond donors (Lipinski definition) is 2. The number of nitrogens with two attached hydrogens (primary N) is 1. The Morgan fingerprint density at radius 3 is 1.91 bits per heavy atom. The lowest BCUT2D eigenvalue weighted by Crippen LogP contribution is -1.91. The molecule has 4 aromatic rings. The summed E-state index contributed by atoms with van der Waals surface area (Å²) in [5, 5.41) is 31.5. The number of nitrogens with one attached hydrogen (secondary N) is 1. The molecule has 0 heterocycles. The zero-order chi connectivity index (χ0) is 24.0. The molecule has 0 aliphatic rings. The van der Waals surface area contributed by atoms with Crippen LogP contribution in [0.2, 0.25) is 0 Å². The average molecular weight is 429 g/mol. The summed E-state index contributed by atoms with van der Waals surface area (Å²) in [6.45, 7) is 6.95. The van der Waals surface area contributed by atoms with Gasteiger partial charge in [-0.05, 0) is 87.2 Å². The highest BCUT2D eigenvalue weighted by molar-refractivity contribution is 6.23. The summed E-state index contributed by atoms with van der Waals surface area (Å²) in [6.07, 6.45) is 6.14. The molecule has 0 amide bonds. The Hall–Kier alpha value is -4.67. The SMILES string of the molecule is C/C(C#N)=C\C(=C/N)c1cc2ccc3cccc4ccc(c1)c2c34.C=C(C#N)/C=C(/C)C=N. The monoisotopic (exact) mass is 428 g/mol. The van der Waals surface area contributed by atoms with Crippen LogP contribution in [0.25, 0.3) is 37.9 Å². The minimum absolute atomic E-state index is 0.385. The van der Waals surface area contributed by atoms with Gasteiger partial charge in [0, 0.05) is 23.6 Å². The lowest BCUT2D eigenvalue weighted by molar-refractivity contribution is 1.44. The Morgan fingerprint density at radius 1 is 0.879 bits per heavy atom. The molecule has 4 heteroatoms. The fourth-order valence-corrected chi connectivity index (χ4v) is 3.76. The molecule has 3 N–H and O–H groups in total. The van der Waals surface area contributed by atoms with Gasteiger partial charge in [-0.15, -0.1) is 0 Å². The molecule has 4 aromatic carbocycles. The molecule has 4 rings (SSSR count). The Bertz CT molecular complexity index is 1470. The van der Waals surface area contributed by atoms with E-state index in [0.29, 0.717) is 11.1 Å². The van der Waals surface area contributed by atoms with Crippen LogP contribution in [-0.4, -0.2) is 6.21 Å². The maximum Gasteiger partial charge on any atom is 0.0985 e. The van der Waals surface area contributed by atoms with Gasteiger partial charge in [0.05, 0.1) is 12.1 Å². The summed E-state index contributed by atoms with van der Waals surface area (Å²) in [7, 11) is 0. The predicted octanol–water partition coefficient (Wildman–Crippen LogP) is 7.02. The van der Waals surface area contributed by atoms with Crippen LogP contribution >= 0.6 is 0 Å². The molecule has 4 nitrogen and oxygen atoms in total. The van der Waals surface area contributed by atoms with Crippen LogP contribution < -0.4 is 5.73 Å². The molecule has 0 fully saturated rings. The second-order valence-corrected chi connectivity index (χ2v) is 7.74. The average Bonchev–Trinajstić information content (AvgIpc) is 2.85. The fourth-order valence-electron chi connectivity index (χ4n) is 3.76. The van der Waals surface area contributed by atoms with E-state index in [0.717, 1.165) is 16.7 Å². The van der Waals surface area contributed by atoms with Crippen molar-refractivity contribution < 1.29 is 0 Å². The van der Waals surface area contributed by atoms with Gasteiger partial charge in [0.1, 0.15) is 0 Å². The topological polar surface area (TPSA) is 97.4 Å². The zero-order valence-corrected chi connectivity index (χ0v) is 18.7. The molecule has 0 aromatic heterocycles. The van der Waals surface area contributed by atoms with Gasteiger partial charge < -0.3 is 11.1 Å². The van der Waals surface area contributed by atoms with Crippen molar-refractivity contribution in [2.45, 2.75) is 13.8 Å². The zero-order valence-electron chi connectivity index (χ0n) is 18.7. The van der Waals surface area contributed by atoms with Crippen molar-refractivity contribution in [1.82, 2.24) is 0 Å². The number of hydrogen-bond acceptors (Lipinski definition) is 4. The molecule has 0 aliphatic heterocycles. The van der Waals surface area contributed by atoms with E-state index in [2.05, 4.69) is 67.2 Å². The quantitative estimate of drug-likeness (QED) is 0.158. The minimum atomic E-state index is 0.385. The van der Waals surface area contributed by atoms with Gasteiger partial charge in [0.15, 0.2) is 0 Å². The Morgan fingerprint density at radius 2 is 1.42 bits per heavy atom. The van der Waals surface area contributed by atoms with Crippen LogP contribution in [0.1, 0.15) is 19.4 Å².